The van der Waals surface area contributed by atoms with Crippen molar-refractivity contribution < 1.29 is 22.6 Å². The van der Waals surface area contributed by atoms with Gasteiger partial charge in [0.15, 0.2) is 11.5 Å². The van der Waals surface area contributed by atoms with Gasteiger partial charge in [-0.05, 0) is 12.1 Å². The van der Waals surface area contributed by atoms with Gasteiger partial charge < -0.3 is 15.2 Å². The van der Waals surface area contributed by atoms with Crippen molar-refractivity contribution in [2.45, 2.75) is 24.7 Å². The van der Waals surface area contributed by atoms with Gasteiger partial charge in [-0.15, -0.1) is 0 Å². The average Bonchev–Trinajstić information content (AvgIpc) is 2.27. The van der Waals surface area contributed by atoms with E-state index in [0.717, 1.165) is 0 Å². The first-order chi connectivity index (χ1) is 7.97. The Morgan fingerprint density at radius 1 is 1.29 bits per heavy atom. The summed E-state index contributed by atoms with van der Waals surface area (Å²) in [6, 6.07) is 4.97. The number of rotatable bonds is 2. The maximum Gasteiger partial charge on any atom is 0.403 e. The Bertz CT molecular complexity index is 395. The molecule has 0 fully saturated rings. The van der Waals surface area contributed by atoms with Crippen LogP contribution in [0.15, 0.2) is 24.3 Å². The van der Waals surface area contributed by atoms with Gasteiger partial charge in [-0.3, -0.25) is 0 Å². The van der Waals surface area contributed by atoms with Crippen LogP contribution in [0.1, 0.15) is 6.42 Å². The molecule has 2 N–H and O–H groups in total. The summed E-state index contributed by atoms with van der Waals surface area (Å²) in [6.45, 7) is 0.0841. The third-order valence-corrected chi connectivity index (χ3v) is 2.50. The van der Waals surface area contributed by atoms with Crippen molar-refractivity contribution in [2.75, 3.05) is 6.61 Å². The van der Waals surface area contributed by atoms with Gasteiger partial charge in [0.2, 0.25) is 0 Å². The summed E-state index contributed by atoms with van der Waals surface area (Å²) in [5.41, 5.74) is 5.04. The van der Waals surface area contributed by atoms with Crippen molar-refractivity contribution in [3.63, 3.8) is 0 Å². The van der Waals surface area contributed by atoms with E-state index in [1.807, 2.05) is 0 Å². The van der Waals surface area contributed by atoms with Crippen LogP contribution in [0.4, 0.5) is 13.2 Å². The smallest absolute Gasteiger partial charge is 0.403 e. The van der Waals surface area contributed by atoms with Crippen LogP contribution in [0.5, 0.6) is 11.5 Å². The molecule has 2 rings (SSSR count). The average molecular weight is 247 g/mol. The Kier molecular flexibility index (Phi) is 3.15. The molecule has 94 valence electrons. The number of benzene rings is 1. The van der Waals surface area contributed by atoms with E-state index in [1.165, 1.54) is 0 Å². The number of alkyl halides is 3. The molecule has 1 aliphatic heterocycles. The second-order valence-corrected chi connectivity index (χ2v) is 3.88. The second-order valence-electron chi connectivity index (χ2n) is 3.88. The fourth-order valence-corrected chi connectivity index (χ4v) is 1.60. The molecule has 2 unspecified atom stereocenters. The molecule has 2 atom stereocenters. The number of hydrogen-bond donors (Lipinski definition) is 1. The van der Waals surface area contributed by atoms with Crippen molar-refractivity contribution >= 4 is 0 Å². The minimum atomic E-state index is -4.40. The molecule has 1 aliphatic rings. The van der Waals surface area contributed by atoms with Gasteiger partial charge in [-0.1, -0.05) is 12.1 Å². The van der Waals surface area contributed by atoms with E-state index >= 15 is 0 Å². The van der Waals surface area contributed by atoms with E-state index in [2.05, 4.69) is 0 Å². The van der Waals surface area contributed by atoms with E-state index in [-0.39, 0.29) is 13.0 Å². The van der Waals surface area contributed by atoms with E-state index in [4.69, 9.17) is 15.2 Å². The minimum Gasteiger partial charge on any atom is -0.486 e. The summed E-state index contributed by atoms with van der Waals surface area (Å²) in [5, 5.41) is 0. The Labute approximate surface area is 96.3 Å². The summed E-state index contributed by atoms with van der Waals surface area (Å²) in [5.74, 6) is 1.00. The lowest BCUT2D eigenvalue weighted by Crippen LogP contribution is -2.43. The third-order valence-electron chi connectivity index (χ3n) is 2.50. The number of hydrogen-bond acceptors (Lipinski definition) is 3. The molecule has 1 aromatic carbocycles. The summed E-state index contributed by atoms with van der Waals surface area (Å²) >= 11 is 0. The van der Waals surface area contributed by atoms with Crippen LogP contribution in [-0.2, 0) is 0 Å². The normalized spacial score (nSPS) is 21.1. The summed E-state index contributed by atoms with van der Waals surface area (Å²) < 4.78 is 47.5. The number of para-hydroxylation sites is 2. The van der Waals surface area contributed by atoms with Crippen molar-refractivity contribution in [2.24, 2.45) is 5.73 Å². The largest absolute Gasteiger partial charge is 0.486 e. The Balaban J connectivity index is 1.99. The molecule has 0 bridgehead atoms. The maximum atomic E-state index is 12.3. The zero-order valence-electron chi connectivity index (χ0n) is 8.91. The molecular formula is C11H12F3NO2. The van der Waals surface area contributed by atoms with Crippen molar-refractivity contribution in [3.05, 3.63) is 24.3 Å². The first-order valence-corrected chi connectivity index (χ1v) is 5.17. The number of halogens is 3. The van der Waals surface area contributed by atoms with Crippen LogP contribution >= 0.6 is 0 Å². The lowest BCUT2D eigenvalue weighted by atomic mass is 10.1. The van der Waals surface area contributed by atoms with Crippen LogP contribution in [0, 0.1) is 0 Å². The van der Waals surface area contributed by atoms with Crippen LogP contribution < -0.4 is 15.2 Å². The zero-order chi connectivity index (χ0) is 12.5. The van der Waals surface area contributed by atoms with Crippen molar-refractivity contribution in [1.29, 1.82) is 0 Å². The molecule has 0 saturated carbocycles. The predicted molar refractivity (Wildman–Crippen MR) is 55.0 cm³/mol. The summed E-state index contributed by atoms with van der Waals surface area (Å²) in [4.78, 5) is 0. The minimum absolute atomic E-state index is 0.0841. The van der Waals surface area contributed by atoms with Crippen LogP contribution in [0.25, 0.3) is 0 Å². The molecule has 17 heavy (non-hydrogen) atoms. The zero-order valence-corrected chi connectivity index (χ0v) is 8.91. The molecule has 0 radical (unpaired) electrons. The van der Waals surface area contributed by atoms with Crippen LogP contribution in [0.3, 0.4) is 0 Å². The molecule has 0 aromatic heterocycles. The fourth-order valence-electron chi connectivity index (χ4n) is 1.60. The molecule has 0 saturated heterocycles. The van der Waals surface area contributed by atoms with E-state index in [0.29, 0.717) is 11.5 Å². The van der Waals surface area contributed by atoms with E-state index in [1.54, 1.807) is 24.3 Å². The number of fused-ring (bicyclic) bond motifs is 1. The van der Waals surface area contributed by atoms with Crippen LogP contribution in [0.2, 0.25) is 0 Å². The highest BCUT2D eigenvalue weighted by Crippen LogP contribution is 2.32. The lowest BCUT2D eigenvalue weighted by Gasteiger charge is -2.28. The van der Waals surface area contributed by atoms with Gasteiger partial charge in [0.05, 0.1) is 0 Å². The molecule has 1 aromatic rings. The molecule has 1 heterocycles. The van der Waals surface area contributed by atoms with Crippen molar-refractivity contribution in [3.8, 4) is 11.5 Å². The van der Waals surface area contributed by atoms with Crippen molar-refractivity contribution in [1.82, 2.24) is 0 Å². The molecule has 6 heteroatoms. The molecule has 0 amide bonds. The highest BCUT2D eigenvalue weighted by molar-refractivity contribution is 5.40. The Morgan fingerprint density at radius 2 is 1.94 bits per heavy atom. The molecule has 0 aliphatic carbocycles. The van der Waals surface area contributed by atoms with Gasteiger partial charge in [0, 0.05) is 6.42 Å². The monoisotopic (exact) mass is 247 g/mol. The van der Waals surface area contributed by atoms with Gasteiger partial charge >= 0.3 is 6.18 Å². The maximum absolute atomic E-state index is 12.3. The quantitative estimate of drug-likeness (QED) is 0.870. The SMILES string of the molecule is NC(CC1COc2ccccc2O1)C(F)(F)F. The number of nitrogens with two attached hydrogens (primary N) is 1. The second kappa shape index (κ2) is 4.44. The van der Waals surface area contributed by atoms with E-state index in [9.17, 15) is 13.2 Å². The first kappa shape index (κ1) is 12.0. The highest BCUT2D eigenvalue weighted by atomic mass is 19.4. The Hall–Kier alpha value is -1.43. The molecular weight excluding hydrogens is 235 g/mol. The Morgan fingerprint density at radius 3 is 2.59 bits per heavy atom. The molecule has 0 spiro atoms. The van der Waals surface area contributed by atoms with Crippen LogP contribution in [-0.4, -0.2) is 24.9 Å². The first-order valence-electron chi connectivity index (χ1n) is 5.17. The topological polar surface area (TPSA) is 44.5 Å². The number of ether oxygens (including phenoxy) is 2. The van der Waals surface area contributed by atoms with Gasteiger partial charge in [-0.2, -0.15) is 13.2 Å². The summed E-state index contributed by atoms with van der Waals surface area (Å²) in [6.07, 6.45) is -5.38. The third kappa shape index (κ3) is 2.82. The van der Waals surface area contributed by atoms with Gasteiger partial charge in [0.1, 0.15) is 18.8 Å². The standard InChI is InChI=1S/C11H12F3NO2/c12-11(13,14)10(15)5-7-6-16-8-3-1-2-4-9(8)17-7/h1-4,7,10H,5-6,15H2. The highest BCUT2D eigenvalue weighted by Gasteiger charge is 2.39. The van der Waals surface area contributed by atoms with Gasteiger partial charge in [-0.25, -0.2) is 0 Å². The summed E-state index contributed by atoms with van der Waals surface area (Å²) in [7, 11) is 0. The van der Waals surface area contributed by atoms with Gasteiger partial charge in [0.25, 0.3) is 0 Å². The fraction of sp³-hybridized carbons (Fsp3) is 0.455. The lowest BCUT2D eigenvalue weighted by molar-refractivity contribution is -0.154. The predicted octanol–water partition coefficient (Wildman–Crippen LogP) is 2.11. The van der Waals surface area contributed by atoms with E-state index < -0.39 is 18.3 Å². The molecule has 3 nitrogen and oxygen atoms in total.